The minimum atomic E-state index is 0.598. The molecule has 0 amide bonds. The molecule has 1 fully saturated rings. The van der Waals surface area contributed by atoms with Crippen molar-refractivity contribution in [3.8, 4) is 28.8 Å². The van der Waals surface area contributed by atoms with Crippen LogP contribution in [0.25, 0.3) is 11.4 Å². The van der Waals surface area contributed by atoms with Crippen LogP contribution >= 0.6 is 0 Å². The van der Waals surface area contributed by atoms with Crippen LogP contribution in [0.4, 0.5) is 5.69 Å². The number of rotatable bonds is 8. The molecule has 7 heteroatoms. The second-order valence-corrected chi connectivity index (χ2v) is 7.77. The third kappa shape index (κ3) is 5.48. The summed E-state index contributed by atoms with van der Waals surface area (Å²) in [7, 11) is 3.35. The highest BCUT2D eigenvalue weighted by Crippen LogP contribution is 2.22. The van der Waals surface area contributed by atoms with Crippen molar-refractivity contribution in [1.29, 1.82) is 0 Å². The summed E-state index contributed by atoms with van der Waals surface area (Å²) in [4.78, 5) is 14.0. The molecule has 0 N–H and O–H groups in total. The van der Waals surface area contributed by atoms with E-state index in [2.05, 4.69) is 31.9 Å². The quantitative estimate of drug-likeness (QED) is 0.536. The summed E-state index contributed by atoms with van der Waals surface area (Å²) >= 11 is 0. The molecule has 0 radical (unpaired) electrons. The van der Waals surface area contributed by atoms with Crippen molar-refractivity contribution in [2.75, 3.05) is 58.5 Å². The predicted molar refractivity (Wildman–Crippen MR) is 126 cm³/mol. The van der Waals surface area contributed by atoms with Crippen molar-refractivity contribution in [3.05, 3.63) is 60.3 Å². The maximum absolute atomic E-state index is 5.99. The number of hydrogen-bond acceptors (Lipinski definition) is 7. The Kier molecular flexibility index (Phi) is 7.07. The summed E-state index contributed by atoms with van der Waals surface area (Å²) in [5, 5.41) is 0. The largest absolute Gasteiger partial charge is 0.497 e. The van der Waals surface area contributed by atoms with E-state index in [9.17, 15) is 0 Å². The Bertz CT molecular complexity index is 1000. The Morgan fingerprint density at radius 2 is 1.44 bits per heavy atom. The van der Waals surface area contributed by atoms with Gasteiger partial charge in [0.05, 0.1) is 14.2 Å². The maximum Gasteiger partial charge on any atom is 0.217 e. The van der Waals surface area contributed by atoms with E-state index in [0.29, 0.717) is 18.3 Å². The number of hydrogen-bond donors (Lipinski definition) is 0. The van der Waals surface area contributed by atoms with Crippen molar-refractivity contribution < 1.29 is 14.2 Å². The molecule has 0 atom stereocenters. The second kappa shape index (κ2) is 10.3. The molecule has 32 heavy (non-hydrogen) atoms. The fourth-order valence-corrected chi connectivity index (χ4v) is 3.78. The molecule has 4 rings (SSSR count). The minimum Gasteiger partial charge on any atom is -0.497 e. The van der Waals surface area contributed by atoms with Gasteiger partial charge in [0.1, 0.15) is 18.1 Å². The molecule has 0 unspecified atom stereocenters. The summed E-state index contributed by atoms with van der Waals surface area (Å²) < 4.78 is 16.5. The van der Waals surface area contributed by atoms with Crippen molar-refractivity contribution in [1.82, 2.24) is 14.9 Å². The average Bonchev–Trinajstić information content (AvgIpc) is 2.84. The molecule has 1 aliphatic rings. The first kappa shape index (κ1) is 21.9. The number of piperazine rings is 1. The van der Waals surface area contributed by atoms with E-state index in [1.165, 1.54) is 5.69 Å². The maximum atomic E-state index is 5.99. The number of aromatic nitrogens is 2. The predicted octanol–water partition coefficient (Wildman–Crippen LogP) is 3.67. The lowest BCUT2D eigenvalue weighted by Gasteiger charge is -2.36. The van der Waals surface area contributed by atoms with Gasteiger partial charge in [0, 0.05) is 55.7 Å². The first-order chi connectivity index (χ1) is 15.6. The van der Waals surface area contributed by atoms with E-state index in [-0.39, 0.29) is 0 Å². The van der Waals surface area contributed by atoms with Crippen LogP contribution < -0.4 is 19.1 Å². The fraction of sp³-hybridized carbons (Fsp3) is 0.360. The van der Waals surface area contributed by atoms with Crippen LogP contribution in [0.5, 0.6) is 17.4 Å². The molecule has 0 aliphatic carbocycles. The van der Waals surface area contributed by atoms with Gasteiger partial charge in [0.2, 0.25) is 5.88 Å². The Labute approximate surface area is 189 Å². The van der Waals surface area contributed by atoms with Gasteiger partial charge in [-0.15, -0.1) is 0 Å². The zero-order valence-electron chi connectivity index (χ0n) is 19.0. The number of methoxy groups -OCH3 is 2. The van der Waals surface area contributed by atoms with Crippen molar-refractivity contribution >= 4 is 5.69 Å². The summed E-state index contributed by atoms with van der Waals surface area (Å²) in [6.07, 6.45) is 0. The van der Waals surface area contributed by atoms with Gasteiger partial charge in [-0.3, -0.25) is 4.90 Å². The molecule has 1 aromatic heterocycles. The van der Waals surface area contributed by atoms with Crippen LogP contribution in [0.2, 0.25) is 0 Å². The van der Waals surface area contributed by atoms with Gasteiger partial charge >= 0.3 is 0 Å². The normalized spacial score (nSPS) is 14.3. The number of nitrogens with zero attached hydrogens (tertiary/aromatic N) is 4. The first-order valence-corrected chi connectivity index (χ1v) is 10.9. The Hall–Kier alpha value is -3.32. The zero-order chi connectivity index (χ0) is 22.3. The highest BCUT2D eigenvalue weighted by atomic mass is 16.5. The lowest BCUT2D eigenvalue weighted by molar-refractivity contribution is 0.197. The van der Waals surface area contributed by atoms with Crippen LogP contribution in [0.15, 0.2) is 54.6 Å². The molecule has 2 aromatic carbocycles. The molecule has 0 bridgehead atoms. The molecule has 7 nitrogen and oxygen atoms in total. The van der Waals surface area contributed by atoms with E-state index in [0.717, 1.165) is 55.5 Å². The summed E-state index contributed by atoms with van der Waals surface area (Å²) in [6.45, 7) is 7.45. The third-order valence-electron chi connectivity index (χ3n) is 5.65. The third-order valence-corrected chi connectivity index (χ3v) is 5.65. The van der Waals surface area contributed by atoms with E-state index in [1.54, 1.807) is 14.2 Å². The van der Waals surface area contributed by atoms with Crippen LogP contribution in [0.3, 0.4) is 0 Å². The van der Waals surface area contributed by atoms with E-state index < -0.39 is 0 Å². The number of anilines is 1. The lowest BCUT2D eigenvalue weighted by Crippen LogP contribution is -2.47. The molecule has 3 aromatic rings. The standard InChI is InChI=1S/C25H30N4O3/c1-19-18-24(27-25(26-19)20-4-8-22(30-2)9-5-20)32-17-16-28-12-14-29(15-13-28)21-6-10-23(31-3)11-7-21/h4-11,18H,12-17H2,1-3H3. The van der Waals surface area contributed by atoms with Crippen LogP contribution in [-0.4, -0.2) is 68.4 Å². The Morgan fingerprint density at radius 3 is 2.06 bits per heavy atom. The van der Waals surface area contributed by atoms with Crippen molar-refractivity contribution in [2.24, 2.45) is 0 Å². The van der Waals surface area contributed by atoms with Crippen molar-refractivity contribution in [3.63, 3.8) is 0 Å². The Morgan fingerprint density at radius 1 is 0.812 bits per heavy atom. The van der Waals surface area contributed by atoms with Crippen LogP contribution in [-0.2, 0) is 0 Å². The van der Waals surface area contributed by atoms with Gasteiger partial charge in [-0.1, -0.05) is 0 Å². The SMILES string of the molecule is COc1ccc(-c2nc(C)cc(OCCN3CCN(c4ccc(OC)cc4)CC3)n2)cc1. The van der Waals surface area contributed by atoms with Gasteiger partial charge < -0.3 is 19.1 Å². The topological polar surface area (TPSA) is 60.0 Å². The van der Waals surface area contributed by atoms with Gasteiger partial charge in [-0.05, 0) is 55.5 Å². The second-order valence-electron chi connectivity index (χ2n) is 7.77. The number of benzene rings is 2. The molecule has 2 heterocycles. The fourth-order valence-electron chi connectivity index (χ4n) is 3.78. The molecule has 0 saturated carbocycles. The first-order valence-electron chi connectivity index (χ1n) is 10.9. The van der Waals surface area contributed by atoms with Crippen LogP contribution in [0.1, 0.15) is 5.69 Å². The zero-order valence-corrected chi connectivity index (χ0v) is 19.0. The van der Waals surface area contributed by atoms with E-state index in [1.807, 2.05) is 49.4 Å². The molecule has 168 valence electrons. The minimum absolute atomic E-state index is 0.598. The summed E-state index contributed by atoms with van der Waals surface area (Å²) in [6, 6.07) is 17.9. The number of ether oxygens (including phenoxy) is 3. The van der Waals surface area contributed by atoms with Crippen LogP contribution in [0, 0.1) is 6.92 Å². The molecule has 1 saturated heterocycles. The number of aryl methyl sites for hydroxylation is 1. The van der Waals surface area contributed by atoms with E-state index >= 15 is 0 Å². The van der Waals surface area contributed by atoms with Gasteiger partial charge in [0.15, 0.2) is 5.82 Å². The van der Waals surface area contributed by atoms with E-state index in [4.69, 9.17) is 14.2 Å². The molecule has 1 aliphatic heterocycles. The smallest absolute Gasteiger partial charge is 0.217 e. The highest BCUT2D eigenvalue weighted by Gasteiger charge is 2.17. The van der Waals surface area contributed by atoms with Crippen molar-refractivity contribution in [2.45, 2.75) is 6.92 Å². The Balaban J connectivity index is 1.27. The molecular weight excluding hydrogens is 404 g/mol. The highest BCUT2D eigenvalue weighted by molar-refractivity contribution is 5.57. The lowest BCUT2D eigenvalue weighted by atomic mass is 10.2. The summed E-state index contributed by atoms with van der Waals surface area (Å²) in [5.41, 5.74) is 3.06. The monoisotopic (exact) mass is 434 g/mol. The van der Waals surface area contributed by atoms with Gasteiger partial charge in [-0.25, -0.2) is 4.98 Å². The molecule has 0 spiro atoms. The average molecular weight is 435 g/mol. The van der Waals surface area contributed by atoms with Gasteiger partial charge in [0.25, 0.3) is 0 Å². The molecular formula is C25H30N4O3. The summed E-state index contributed by atoms with van der Waals surface area (Å²) in [5.74, 6) is 2.97. The van der Waals surface area contributed by atoms with Gasteiger partial charge in [-0.2, -0.15) is 4.98 Å².